The minimum Gasteiger partial charge on any atom is -0.481 e. The maximum absolute atomic E-state index is 13.5. The van der Waals surface area contributed by atoms with Gasteiger partial charge in [0.1, 0.15) is 12.2 Å². The van der Waals surface area contributed by atoms with Gasteiger partial charge in [0, 0.05) is 24.7 Å². The number of hydrogen-bond donors (Lipinski definition) is 3. The first-order valence-corrected chi connectivity index (χ1v) is 10.9. The monoisotopic (exact) mass is 418 g/mol. The number of ketones is 3. The summed E-state index contributed by atoms with van der Waals surface area (Å²) in [6.45, 7) is 3.98. The third-order valence-electron chi connectivity index (χ3n) is 8.76. The number of rotatable bonds is 4. The van der Waals surface area contributed by atoms with E-state index in [9.17, 15) is 29.4 Å². The first-order chi connectivity index (χ1) is 13.9. The Kier molecular flexibility index (Phi) is 4.86. The zero-order chi connectivity index (χ0) is 22.1. The number of carboxylic acid groups (broad SMARTS) is 1. The highest BCUT2D eigenvalue weighted by atomic mass is 16.5. The highest BCUT2D eigenvalue weighted by Gasteiger charge is 2.64. The van der Waals surface area contributed by atoms with E-state index in [0.29, 0.717) is 25.7 Å². The Morgan fingerprint density at radius 1 is 1.13 bits per heavy atom. The molecule has 0 amide bonds. The number of fused-ring (bicyclic) bond motifs is 5. The van der Waals surface area contributed by atoms with Crippen LogP contribution in [-0.2, 0) is 19.2 Å². The van der Waals surface area contributed by atoms with Crippen LogP contribution in [0.25, 0.3) is 0 Å². The Bertz CT molecular complexity index is 856. The average molecular weight is 418 g/mol. The summed E-state index contributed by atoms with van der Waals surface area (Å²) in [5.41, 5.74) is 0.0547. The smallest absolute Gasteiger partial charge is 0.309 e. The average Bonchev–Trinajstić information content (AvgIpc) is 2.96. The maximum Gasteiger partial charge on any atom is 0.309 e. The van der Waals surface area contributed by atoms with Gasteiger partial charge in [-0.1, -0.05) is 19.4 Å². The van der Waals surface area contributed by atoms with Crippen LogP contribution in [-0.4, -0.2) is 44.4 Å². The summed E-state index contributed by atoms with van der Waals surface area (Å²) in [6, 6.07) is 0. The minimum absolute atomic E-state index is 0.0839. The van der Waals surface area contributed by atoms with Crippen LogP contribution >= 0.6 is 0 Å². The van der Waals surface area contributed by atoms with Gasteiger partial charge < -0.3 is 15.3 Å². The van der Waals surface area contributed by atoms with Crippen molar-refractivity contribution in [1.29, 1.82) is 0 Å². The van der Waals surface area contributed by atoms with Crippen molar-refractivity contribution >= 4 is 23.3 Å². The molecule has 0 aromatic rings. The number of carbonyl (C=O) groups is 4. The summed E-state index contributed by atoms with van der Waals surface area (Å²) < 4.78 is 0. The molecule has 4 rings (SSSR count). The summed E-state index contributed by atoms with van der Waals surface area (Å²) in [5.74, 6) is -5.80. The van der Waals surface area contributed by atoms with E-state index in [0.717, 1.165) is 18.4 Å². The van der Waals surface area contributed by atoms with Gasteiger partial charge >= 0.3 is 5.97 Å². The summed E-state index contributed by atoms with van der Waals surface area (Å²) in [6.07, 6.45) is 4.65. The van der Waals surface area contributed by atoms with Gasteiger partial charge in [-0.3, -0.25) is 19.2 Å². The Balaban J connectivity index is 1.65. The molecule has 164 valence electrons. The second kappa shape index (κ2) is 6.82. The molecule has 7 heteroatoms. The molecular weight excluding hydrogens is 388 g/mol. The molecule has 0 heterocycles. The van der Waals surface area contributed by atoms with Gasteiger partial charge in [0.25, 0.3) is 0 Å². The van der Waals surface area contributed by atoms with Gasteiger partial charge in [0.15, 0.2) is 11.6 Å². The number of aliphatic hydroxyl groups is 2. The van der Waals surface area contributed by atoms with Crippen molar-refractivity contribution in [3.8, 4) is 0 Å². The van der Waals surface area contributed by atoms with E-state index >= 15 is 0 Å². The van der Waals surface area contributed by atoms with Crippen molar-refractivity contribution in [1.82, 2.24) is 0 Å². The van der Waals surface area contributed by atoms with Gasteiger partial charge in [-0.2, -0.15) is 0 Å². The van der Waals surface area contributed by atoms with Gasteiger partial charge in [0.2, 0.25) is 5.79 Å². The lowest BCUT2D eigenvalue weighted by molar-refractivity contribution is -0.198. The molecule has 30 heavy (non-hydrogen) atoms. The Morgan fingerprint density at radius 2 is 1.83 bits per heavy atom. The SMILES string of the molecule is C[C@]12CC(=O)[C@H]3[C@@H](CCC4=CC(=O)CC[C@@]43C)[C@@H]1CC[C@@H]2C(=O)C(O)(O)CC(=O)O. The molecule has 4 aliphatic carbocycles. The zero-order valence-corrected chi connectivity index (χ0v) is 17.5. The molecule has 0 spiro atoms. The van der Waals surface area contributed by atoms with Gasteiger partial charge in [-0.05, 0) is 60.8 Å². The molecule has 0 aliphatic heterocycles. The van der Waals surface area contributed by atoms with E-state index in [2.05, 4.69) is 6.92 Å². The normalized spacial score (nSPS) is 40.9. The van der Waals surface area contributed by atoms with Crippen molar-refractivity contribution < 1.29 is 34.5 Å². The van der Waals surface area contributed by atoms with E-state index in [1.807, 2.05) is 6.92 Å². The lowest BCUT2D eigenvalue weighted by Crippen LogP contribution is -2.57. The van der Waals surface area contributed by atoms with Crippen molar-refractivity contribution in [2.24, 2.45) is 34.5 Å². The standard InChI is InChI=1S/C23H30O7/c1-21-8-7-13(24)9-12(21)3-4-14-15-5-6-16(20(28)23(29,30)11-18(26)27)22(15,2)10-17(25)19(14)21/h9,14-16,19,29-30H,3-8,10-11H2,1-2H3,(H,26,27)/t14-,15-,16+,19+,21-,22-/m0/s1. The minimum atomic E-state index is -2.92. The van der Waals surface area contributed by atoms with Crippen LogP contribution in [0.2, 0.25) is 0 Å². The van der Waals surface area contributed by atoms with E-state index in [4.69, 9.17) is 5.11 Å². The van der Waals surface area contributed by atoms with E-state index in [1.54, 1.807) is 6.08 Å². The number of Topliss-reactive ketones (excluding diaryl/α,β-unsaturated/α-hetero) is 2. The van der Waals surface area contributed by atoms with Crippen LogP contribution in [0.4, 0.5) is 0 Å². The molecule has 0 bridgehead atoms. The number of aliphatic carboxylic acids is 1. The molecule has 0 unspecified atom stereocenters. The van der Waals surface area contributed by atoms with Crippen LogP contribution in [0.5, 0.6) is 0 Å². The molecule has 3 N–H and O–H groups in total. The van der Waals surface area contributed by atoms with E-state index in [1.165, 1.54) is 0 Å². The number of carbonyl (C=O) groups excluding carboxylic acids is 3. The fraction of sp³-hybridized carbons (Fsp3) is 0.739. The molecule has 3 saturated carbocycles. The van der Waals surface area contributed by atoms with Crippen LogP contribution in [0.3, 0.4) is 0 Å². The number of hydrogen-bond acceptors (Lipinski definition) is 6. The lowest BCUT2D eigenvalue weighted by Gasteiger charge is -2.57. The molecular formula is C23H30O7. The summed E-state index contributed by atoms with van der Waals surface area (Å²) in [7, 11) is 0. The molecule has 0 aromatic carbocycles. The molecule has 0 aromatic heterocycles. The van der Waals surface area contributed by atoms with Crippen molar-refractivity contribution in [3.63, 3.8) is 0 Å². The van der Waals surface area contributed by atoms with Crippen molar-refractivity contribution in [3.05, 3.63) is 11.6 Å². The van der Waals surface area contributed by atoms with Gasteiger partial charge in [-0.25, -0.2) is 0 Å². The Morgan fingerprint density at radius 3 is 2.50 bits per heavy atom. The van der Waals surface area contributed by atoms with Crippen LogP contribution in [0, 0.1) is 34.5 Å². The molecule has 7 nitrogen and oxygen atoms in total. The predicted octanol–water partition coefficient (Wildman–Crippen LogP) is 2.04. The maximum atomic E-state index is 13.5. The molecule has 0 saturated heterocycles. The Labute approximate surface area is 175 Å². The first kappa shape index (κ1) is 21.4. The van der Waals surface area contributed by atoms with Crippen LogP contribution < -0.4 is 0 Å². The highest BCUT2D eigenvalue weighted by Crippen LogP contribution is 2.65. The summed E-state index contributed by atoms with van der Waals surface area (Å²) in [5, 5.41) is 29.2. The quantitative estimate of drug-likeness (QED) is 0.596. The van der Waals surface area contributed by atoms with E-state index in [-0.39, 0.29) is 41.2 Å². The van der Waals surface area contributed by atoms with Crippen molar-refractivity contribution in [2.45, 2.75) is 71.0 Å². The molecule has 0 radical (unpaired) electrons. The molecule has 3 fully saturated rings. The van der Waals surface area contributed by atoms with Gasteiger partial charge in [0.05, 0.1) is 0 Å². The van der Waals surface area contributed by atoms with Gasteiger partial charge in [-0.15, -0.1) is 0 Å². The highest BCUT2D eigenvalue weighted by molar-refractivity contribution is 5.94. The first-order valence-electron chi connectivity index (χ1n) is 10.9. The van der Waals surface area contributed by atoms with Crippen LogP contribution in [0.1, 0.15) is 65.2 Å². The molecule has 4 aliphatic rings. The predicted molar refractivity (Wildman–Crippen MR) is 105 cm³/mol. The molecule has 6 atom stereocenters. The van der Waals surface area contributed by atoms with Crippen molar-refractivity contribution in [2.75, 3.05) is 0 Å². The summed E-state index contributed by atoms with van der Waals surface area (Å²) in [4.78, 5) is 49.3. The number of allylic oxidation sites excluding steroid dienone is 1. The topological polar surface area (TPSA) is 129 Å². The third-order valence-corrected chi connectivity index (χ3v) is 8.76. The fourth-order valence-electron chi connectivity index (χ4n) is 7.39. The number of carboxylic acids is 1. The largest absolute Gasteiger partial charge is 0.481 e. The summed E-state index contributed by atoms with van der Waals surface area (Å²) >= 11 is 0. The second-order valence-corrected chi connectivity index (χ2v) is 10.4. The third kappa shape index (κ3) is 3.01. The fourth-order valence-corrected chi connectivity index (χ4v) is 7.39. The van der Waals surface area contributed by atoms with Crippen LogP contribution in [0.15, 0.2) is 11.6 Å². The lowest BCUT2D eigenvalue weighted by atomic mass is 9.46. The Hall–Kier alpha value is -1.86. The van der Waals surface area contributed by atoms with E-state index < -0.39 is 35.3 Å². The zero-order valence-electron chi connectivity index (χ0n) is 17.5. The second-order valence-electron chi connectivity index (χ2n) is 10.4.